The number of carbonyl (C=O) groups excluding carboxylic acids is 2. The molecule has 0 N–H and O–H groups in total. The van der Waals surface area contributed by atoms with E-state index in [0.717, 1.165) is 15.9 Å². The first kappa shape index (κ1) is 17.6. The van der Waals surface area contributed by atoms with Crippen LogP contribution in [0.2, 0.25) is 0 Å². The maximum Gasteiger partial charge on any atom is 0.348 e. The average molecular weight is 423 g/mol. The molecule has 3 rings (SSSR count). The first-order valence-corrected chi connectivity index (χ1v) is 8.98. The summed E-state index contributed by atoms with van der Waals surface area (Å²) in [5.74, 6) is -0.167. The number of rotatable bonds is 5. The number of aromatic nitrogens is 2. The maximum absolute atomic E-state index is 12.2. The van der Waals surface area contributed by atoms with E-state index in [2.05, 4.69) is 21.0 Å². The fraction of sp³-hybridized carbons (Fsp3) is 0.235. The van der Waals surface area contributed by atoms with Crippen LogP contribution >= 0.6 is 27.3 Å². The zero-order valence-electron chi connectivity index (χ0n) is 13.8. The predicted molar refractivity (Wildman–Crippen MR) is 98.6 cm³/mol. The third-order valence-corrected chi connectivity index (χ3v) is 5.51. The molecular formula is C17H15BrN2O4S. The van der Waals surface area contributed by atoms with Gasteiger partial charge in [0.05, 0.1) is 17.3 Å². The summed E-state index contributed by atoms with van der Waals surface area (Å²) in [6.45, 7) is 1.57. The lowest BCUT2D eigenvalue weighted by Gasteiger charge is -2.06. The first-order chi connectivity index (χ1) is 11.9. The quantitative estimate of drug-likeness (QED) is 0.462. The van der Waals surface area contributed by atoms with Crippen LogP contribution in [0.25, 0.3) is 10.2 Å². The molecule has 8 heteroatoms. The van der Waals surface area contributed by atoms with Gasteiger partial charge in [-0.25, -0.2) is 4.79 Å². The molecule has 0 atom stereocenters. The Kier molecular flexibility index (Phi) is 4.91. The Balaban J connectivity index is 1.69. The van der Waals surface area contributed by atoms with Gasteiger partial charge < -0.3 is 9.47 Å². The summed E-state index contributed by atoms with van der Waals surface area (Å²) in [5.41, 5.74) is 1.30. The summed E-state index contributed by atoms with van der Waals surface area (Å²) in [6.07, 6.45) is 0. The average Bonchev–Trinajstić information content (AvgIpc) is 3.14. The van der Waals surface area contributed by atoms with E-state index in [9.17, 15) is 9.59 Å². The molecule has 6 nitrogen and oxygen atoms in total. The molecule has 0 radical (unpaired) electrons. The van der Waals surface area contributed by atoms with Crippen LogP contribution in [0.3, 0.4) is 0 Å². The molecule has 0 aliphatic rings. The van der Waals surface area contributed by atoms with E-state index in [1.54, 1.807) is 36.1 Å². The highest BCUT2D eigenvalue weighted by Gasteiger charge is 2.18. The van der Waals surface area contributed by atoms with Crippen molar-refractivity contribution >= 4 is 49.2 Å². The number of ether oxygens (including phenoxy) is 2. The summed E-state index contributed by atoms with van der Waals surface area (Å²) >= 11 is 4.63. The van der Waals surface area contributed by atoms with E-state index in [0.29, 0.717) is 20.7 Å². The van der Waals surface area contributed by atoms with E-state index >= 15 is 0 Å². The highest BCUT2D eigenvalue weighted by Crippen LogP contribution is 2.28. The van der Waals surface area contributed by atoms with Crippen molar-refractivity contribution < 1.29 is 19.1 Å². The molecule has 2 heterocycles. The Hall–Kier alpha value is -2.19. The van der Waals surface area contributed by atoms with E-state index < -0.39 is 5.97 Å². The topological polar surface area (TPSA) is 70.4 Å². The number of nitrogens with zero attached hydrogens (tertiary/aromatic N) is 2. The van der Waals surface area contributed by atoms with E-state index in [1.807, 2.05) is 14.0 Å². The second kappa shape index (κ2) is 6.97. The Bertz CT molecular complexity index is 942. The molecule has 130 valence electrons. The lowest BCUT2D eigenvalue weighted by molar-refractivity contribution is 0.0479. The summed E-state index contributed by atoms with van der Waals surface area (Å²) in [6, 6.07) is 6.71. The Morgan fingerprint density at radius 1 is 1.32 bits per heavy atom. The third kappa shape index (κ3) is 3.45. The largest absolute Gasteiger partial charge is 0.496 e. The summed E-state index contributed by atoms with van der Waals surface area (Å²) in [7, 11) is 3.37. The number of ketones is 1. The SMILES string of the molecule is COc1ccc(C(=O)COC(=O)c2cc3c(C)nn(C)c3s2)cc1Br. The lowest BCUT2D eigenvalue weighted by Crippen LogP contribution is -2.13. The molecule has 25 heavy (non-hydrogen) atoms. The van der Waals surface area contributed by atoms with Crippen LogP contribution in [-0.2, 0) is 11.8 Å². The van der Waals surface area contributed by atoms with Gasteiger partial charge in [0, 0.05) is 18.0 Å². The molecule has 0 fully saturated rings. The summed E-state index contributed by atoms with van der Waals surface area (Å²) < 4.78 is 12.7. The van der Waals surface area contributed by atoms with Crippen molar-refractivity contribution in [3.63, 3.8) is 0 Å². The minimum Gasteiger partial charge on any atom is -0.496 e. The number of carbonyl (C=O) groups is 2. The van der Waals surface area contributed by atoms with Gasteiger partial charge in [-0.1, -0.05) is 0 Å². The zero-order chi connectivity index (χ0) is 18.1. The van der Waals surface area contributed by atoms with Crippen molar-refractivity contribution in [2.45, 2.75) is 6.92 Å². The van der Waals surface area contributed by atoms with Crippen molar-refractivity contribution in [1.82, 2.24) is 9.78 Å². The van der Waals surface area contributed by atoms with E-state index in [4.69, 9.17) is 9.47 Å². The van der Waals surface area contributed by atoms with Gasteiger partial charge in [-0.3, -0.25) is 9.48 Å². The summed E-state index contributed by atoms with van der Waals surface area (Å²) in [4.78, 5) is 25.8. The minimum atomic E-state index is -0.512. The van der Waals surface area contributed by atoms with Crippen molar-refractivity contribution in [3.8, 4) is 5.75 Å². The van der Waals surface area contributed by atoms with Crippen molar-refractivity contribution in [1.29, 1.82) is 0 Å². The standard InChI is InChI=1S/C17H15BrN2O4S/c1-9-11-7-15(25-16(11)20(2)19-9)17(22)24-8-13(21)10-4-5-14(23-3)12(18)6-10/h4-7H,8H2,1-3H3. The van der Waals surface area contributed by atoms with Gasteiger partial charge in [-0.2, -0.15) is 5.10 Å². The van der Waals surface area contributed by atoms with Gasteiger partial charge in [0.25, 0.3) is 0 Å². The molecule has 0 bridgehead atoms. The molecule has 0 unspecified atom stereocenters. The third-order valence-electron chi connectivity index (χ3n) is 3.71. The van der Waals surface area contributed by atoms with E-state index in [-0.39, 0.29) is 12.4 Å². The highest BCUT2D eigenvalue weighted by molar-refractivity contribution is 9.10. The molecule has 0 spiro atoms. The molecule has 0 aliphatic carbocycles. The number of aryl methyl sites for hydroxylation is 2. The highest BCUT2D eigenvalue weighted by atomic mass is 79.9. The monoisotopic (exact) mass is 422 g/mol. The van der Waals surface area contributed by atoms with Crippen LogP contribution in [0.1, 0.15) is 25.7 Å². The van der Waals surface area contributed by atoms with E-state index in [1.165, 1.54) is 11.3 Å². The molecule has 2 aromatic heterocycles. The second-order valence-corrected chi connectivity index (χ2v) is 7.27. The molecule has 0 aliphatic heterocycles. The van der Waals surface area contributed by atoms with Crippen LogP contribution < -0.4 is 4.74 Å². The van der Waals surface area contributed by atoms with Gasteiger partial charge in [0.15, 0.2) is 12.4 Å². The van der Waals surface area contributed by atoms with Crippen molar-refractivity contribution in [3.05, 3.63) is 44.9 Å². The minimum absolute atomic E-state index is 0.282. The normalized spacial score (nSPS) is 10.9. The molecule has 1 aromatic carbocycles. The van der Waals surface area contributed by atoms with Crippen LogP contribution in [-0.4, -0.2) is 35.2 Å². The van der Waals surface area contributed by atoms with Crippen LogP contribution in [0.5, 0.6) is 5.75 Å². The van der Waals surface area contributed by atoms with Crippen molar-refractivity contribution in [2.75, 3.05) is 13.7 Å². The summed E-state index contributed by atoms with van der Waals surface area (Å²) in [5, 5.41) is 5.21. The van der Waals surface area contributed by atoms with Gasteiger partial charge >= 0.3 is 5.97 Å². The Morgan fingerprint density at radius 2 is 2.08 bits per heavy atom. The Labute approximate surface area is 156 Å². The number of hydrogen-bond acceptors (Lipinski definition) is 6. The van der Waals surface area contributed by atoms with Crippen LogP contribution in [0.4, 0.5) is 0 Å². The molecule has 0 saturated heterocycles. The van der Waals surface area contributed by atoms with Gasteiger partial charge in [0.2, 0.25) is 0 Å². The smallest absolute Gasteiger partial charge is 0.348 e. The van der Waals surface area contributed by atoms with Crippen LogP contribution in [0, 0.1) is 6.92 Å². The lowest BCUT2D eigenvalue weighted by atomic mass is 10.1. The number of methoxy groups -OCH3 is 1. The maximum atomic E-state index is 12.2. The zero-order valence-corrected chi connectivity index (χ0v) is 16.2. The number of hydrogen-bond donors (Lipinski definition) is 0. The number of fused-ring (bicyclic) bond motifs is 1. The molecule has 0 saturated carbocycles. The van der Waals surface area contributed by atoms with Gasteiger partial charge in [-0.15, -0.1) is 11.3 Å². The van der Waals surface area contributed by atoms with Crippen molar-refractivity contribution in [2.24, 2.45) is 7.05 Å². The number of benzene rings is 1. The predicted octanol–water partition coefficient (Wildman–Crippen LogP) is 3.75. The molecular weight excluding hydrogens is 408 g/mol. The number of halogens is 1. The molecule has 0 amide bonds. The number of esters is 1. The number of thiophene rings is 1. The second-order valence-electron chi connectivity index (χ2n) is 5.39. The van der Waals surface area contributed by atoms with Crippen LogP contribution in [0.15, 0.2) is 28.7 Å². The first-order valence-electron chi connectivity index (χ1n) is 7.37. The Morgan fingerprint density at radius 3 is 2.72 bits per heavy atom. The molecule has 3 aromatic rings. The van der Waals surface area contributed by atoms with Gasteiger partial charge in [-0.05, 0) is 47.1 Å². The fourth-order valence-corrected chi connectivity index (χ4v) is 3.99. The number of Topliss-reactive ketones (excluding diaryl/α,β-unsaturated/α-hetero) is 1. The fourth-order valence-electron chi connectivity index (χ4n) is 2.43. The van der Waals surface area contributed by atoms with Gasteiger partial charge in [0.1, 0.15) is 15.5 Å².